The van der Waals surface area contributed by atoms with Gasteiger partial charge in [0.1, 0.15) is 0 Å². The van der Waals surface area contributed by atoms with Crippen molar-refractivity contribution in [2.45, 2.75) is 13.2 Å². The minimum absolute atomic E-state index is 0.102. The van der Waals surface area contributed by atoms with Crippen molar-refractivity contribution in [2.24, 2.45) is 0 Å². The average Bonchev–Trinajstić information content (AvgIpc) is 2.98. The third kappa shape index (κ3) is 4.15. The number of halogens is 2. The Bertz CT molecular complexity index is 788. The Morgan fingerprint density at radius 1 is 1.12 bits per heavy atom. The molecule has 3 rings (SSSR count). The van der Waals surface area contributed by atoms with Gasteiger partial charge in [-0.15, -0.1) is 0 Å². The zero-order chi connectivity index (χ0) is 16.9. The summed E-state index contributed by atoms with van der Waals surface area (Å²) < 4.78 is 30.0. The van der Waals surface area contributed by atoms with E-state index in [9.17, 15) is 8.78 Å². The van der Waals surface area contributed by atoms with Gasteiger partial charge in [-0.3, -0.25) is 4.68 Å². The maximum atomic E-state index is 12.1. The van der Waals surface area contributed by atoms with Gasteiger partial charge in [-0.1, -0.05) is 12.1 Å². The van der Waals surface area contributed by atoms with Crippen LogP contribution in [0.25, 0.3) is 0 Å². The third-order valence-electron chi connectivity index (χ3n) is 3.07. The molecule has 0 saturated heterocycles. The molecule has 2 aromatic heterocycles. The predicted octanol–water partition coefficient (Wildman–Crippen LogP) is 2.65. The minimum Gasteiger partial charge on any atom is -0.432 e. The van der Waals surface area contributed by atoms with Crippen molar-refractivity contribution in [3.63, 3.8) is 0 Å². The molecule has 0 saturated carbocycles. The van der Waals surface area contributed by atoms with E-state index in [0.29, 0.717) is 17.9 Å². The van der Waals surface area contributed by atoms with Gasteiger partial charge in [0.25, 0.3) is 0 Å². The van der Waals surface area contributed by atoms with E-state index in [2.05, 4.69) is 25.1 Å². The van der Waals surface area contributed by atoms with Gasteiger partial charge in [0, 0.05) is 11.9 Å². The molecule has 0 fully saturated rings. The van der Waals surface area contributed by atoms with E-state index in [0.717, 1.165) is 5.56 Å². The van der Waals surface area contributed by atoms with E-state index in [1.54, 1.807) is 17.1 Å². The topological polar surface area (TPSA) is 90.9 Å². The number of hydrogen-bond acceptors (Lipinski definition) is 6. The van der Waals surface area contributed by atoms with Crippen molar-refractivity contribution >= 4 is 17.3 Å². The SMILES string of the molecule is Nc1ccc(Cn2cc(Nc3ncc(OC(F)F)cn3)cn2)cc1. The first-order valence-corrected chi connectivity index (χ1v) is 6.99. The molecule has 2 heterocycles. The van der Waals surface area contributed by atoms with Crippen LogP contribution >= 0.6 is 0 Å². The van der Waals surface area contributed by atoms with Crippen LogP contribution in [-0.4, -0.2) is 26.4 Å². The van der Waals surface area contributed by atoms with Gasteiger partial charge in [0.05, 0.1) is 30.8 Å². The maximum Gasteiger partial charge on any atom is 0.387 e. The zero-order valence-corrected chi connectivity index (χ0v) is 12.4. The molecule has 0 atom stereocenters. The Hall–Kier alpha value is -3.23. The van der Waals surface area contributed by atoms with Gasteiger partial charge in [0.15, 0.2) is 5.75 Å². The number of benzene rings is 1. The summed E-state index contributed by atoms with van der Waals surface area (Å²) in [7, 11) is 0. The number of nitrogens with zero attached hydrogens (tertiary/aromatic N) is 4. The summed E-state index contributed by atoms with van der Waals surface area (Å²) in [5.41, 5.74) is 8.09. The molecule has 0 bridgehead atoms. The smallest absolute Gasteiger partial charge is 0.387 e. The second-order valence-electron chi connectivity index (χ2n) is 4.91. The van der Waals surface area contributed by atoms with Gasteiger partial charge >= 0.3 is 6.61 Å². The maximum absolute atomic E-state index is 12.1. The molecule has 0 unspecified atom stereocenters. The Kier molecular flexibility index (Phi) is 4.50. The van der Waals surface area contributed by atoms with Crippen LogP contribution in [0.2, 0.25) is 0 Å². The zero-order valence-electron chi connectivity index (χ0n) is 12.4. The van der Waals surface area contributed by atoms with E-state index in [1.165, 1.54) is 12.4 Å². The van der Waals surface area contributed by atoms with Crippen LogP contribution in [0.3, 0.4) is 0 Å². The normalized spacial score (nSPS) is 10.8. The molecule has 1 aromatic carbocycles. The van der Waals surface area contributed by atoms with Crippen LogP contribution in [0, 0.1) is 0 Å². The first-order chi connectivity index (χ1) is 11.6. The van der Waals surface area contributed by atoms with Crippen molar-refractivity contribution < 1.29 is 13.5 Å². The van der Waals surface area contributed by atoms with Gasteiger partial charge in [-0.25, -0.2) is 9.97 Å². The van der Waals surface area contributed by atoms with E-state index in [-0.39, 0.29) is 11.7 Å². The number of hydrogen-bond donors (Lipinski definition) is 2. The van der Waals surface area contributed by atoms with Crippen molar-refractivity contribution in [1.82, 2.24) is 19.7 Å². The third-order valence-corrected chi connectivity index (χ3v) is 3.07. The van der Waals surface area contributed by atoms with Crippen LogP contribution in [0.15, 0.2) is 49.1 Å². The standard InChI is InChI=1S/C15H14F2N6O/c16-14(17)24-13-6-19-15(20-7-13)22-12-5-21-23(9-12)8-10-1-3-11(18)4-2-10/h1-7,9,14H,8,18H2,(H,19,20,22). The van der Waals surface area contributed by atoms with Gasteiger partial charge in [-0.05, 0) is 17.7 Å². The van der Waals surface area contributed by atoms with Crippen molar-refractivity contribution in [2.75, 3.05) is 11.1 Å². The fourth-order valence-corrected chi connectivity index (χ4v) is 2.00. The monoisotopic (exact) mass is 332 g/mol. The number of rotatable bonds is 6. The number of aromatic nitrogens is 4. The van der Waals surface area contributed by atoms with Crippen molar-refractivity contribution in [1.29, 1.82) is 0 Å². The van der Waals surface area contributed by atoms with Gasteiger partial charge < -0.3 is 15.8 Å². The molecule has 124 valence electrons. The second-order valence-corrected chi connectivity index (χ2v) is 4.91. The number of nitrogens with two attached hydrogens (primary N) is 1. The molecule has 0 radical (unpaired) electrons. The van der Waals surface area contributed by atoms with Gasteiger partial charge in [0.2, 0.25) is 5.95 Å². The largest absolute Gasteiger partial charge is 0.432 e. The summed E-state index contributed by atoms with van der Waals surface area (Å²) in [6.45, 7) is -2.32. The molecule has 3 aromatic rings. The quantitative estimate of drug-likeness (QED) is 0.674. The van der Waals surface area contributed by atoms with Crippen molar-refractivity contribution in [3.05, 3.63) is 54.6 Å². The number of ether oxygens (including phenoxy) is 1. The highest BCUT2D eigenvalue weighted by molar-refractivity contribution is 5.50. The van der Waals surface area contributed by atoms with Crippen LogP contribution in [0.1, 0.15) is 5.56 Å². The first kappa shape index (κ1) is 15.7. The summed E-state index contributed by atoms with van der Waals surface area (Å²) in [6.07, 6.45) is 5.73. The lowest BCUT2D eigenvalue weighted by atomic mass is 10.2. The van der Waals surface area contributed by atoms with Gasteiger partial charge in [-0.2, -0.15) is 13.9 Å². The minimum atomic E-state index is -2.90. The summed E-state index contributed by atoms with van der Waals surface area (Å²) in [6, 6.07) is 7.51. The lowest BCUT2D eigenvalue weighted by Crippen LogP contribution is -2.03. The molecule has 0 aliphatic rings. The lowest BCUT2D eigenvalue weighted by Gasteiger charge is -2.05. The highest BCUT2D eigenvalue weighted by Crippen LogP contribution is 2.16. The summed E-state index contributed by atoms with van der Waals surface area (Å²) >= 11 is 0. The Balaban J connectivity index is 1.62. The van der Waals surface area contributed by atoms with Crippen molar-refractivity contribution in [3.8, 4) is 5.75 Å². The molecule has 0 spiro atoms. The molecule has 0 aliphatic carbocycles. The van der Waals surface area contributed by atoms with E-state index < -0.39 is 6.61 Å². The second kappa shape index (κ2) is 6.90. The molecule has 0 amide bonds. The van der Waals surface area contributed by atoms with Crippen LogP contribution in [0.5, 0.6) is 5.75 Å². The summed E-state index contributed by atoms with van der Waals surface area (Å²) in [4.78, 5) is 7.80. The molecule has 3 N–H and O–H groups in total. The van der Waals surface area contributed by atoms with E-state index >= 15 is 0 Å². The summed E-state index contributed by atoms with van der Waals surface area (Å²) in [5.74, 6) is 0.151. The Labute approximate surface area is 136 Å². The summed E-state index contributed by atoms with van der Waals surface area (Å²) in [5, 5.41) is 7.16. The average molecular weight is 332 g/mol. The van der Waals surface area contributed by atoms with Crippen LogP contribution < -0.4 is 15.8 Å². The molecule has 9 heteroatoms. The molecule has 7 nitrogen and oxygen atoms in total. The van der Waals surface area contributed by atoms with Crippen LogP contribution in [0.4, 0.5) is 26.1 Å². The predicted molar refractivity (Wildman–Crippen MR) is 84.1 cm³/mol. The van der Waals surface area contributed by atoms with Crippen LogP contribution in [-0.2, 0) is 6.54 Å². The Morgan fingerprint density at radius 3 is 2.50 bits per heavy atom. The molecular formula is C15H14F2N6O. The molecular weight excluding hydrogens is 318 g/mol. The Morgan fingerprint density at radius 2 is 1.83 bits per heavy atom. The number of nitrogen functional groups attached to an aromatic ring is 1. The highest BCUT2D eigenvalue weighted by atomic mass is 19.3. The molecule has 24 heavy (non-hydrogen) atoms. The first-order valence-electron chi connectivity index (χ1n) is 6.99. The molecule has 0 aliphatic heterocycles. The number of nitrogens with one attached hydrogen (secondary N) is 1. The number of alkyl halides is 2. The highest BCUT2D eigenvalue weighted by Gasteiger charge is 2.06. The lowest BCUT2D eigenvalue weighted by molar-refractivity contribution is -0.0503. The fourth-order valence-electron chi connectivity index (χ4n) is 2.00. The fraction of sp³-hybridized carbons (Fsp3) is 0.133. The van der Waals surface area contributed by atoms with E-state index in [1.807, 2.05) is 24.3 Å². The van der Waals surface area contributed by atoms with E-state index in [4.69, 9.17) is 5.73 Å². The number of anilines is 3.